The highest BCUT2D eigenvalue weighted by atomic mass is 16.6. The monoisotopic (exact) mass is 317 g/mol. The van der Waals surface area contributed by atoms with Crippen molar-refractivity contribution < 1.29 is 9.53 Å². The molecule has 2 heterocycles. The highest BCUT2D eigenvalue weighted by Gasteiger charge is 2.52. The Labute approximate surface area is 138 Å². The normalized spacial score (nSPS) is 26.1. The fourth-order valence-electron chi connectivity index (χ4n) is 4.13. The maximum absolute atomic E-state index is 11.9. The molecule has 1 amide bonds. The third kappa shape index (κ3) is 2.67. The van der Waals surface area contributed by atoms with Gasteiger partial charge in [-0.2, -0.15) is 0 Å². The van der Waals surface area contributed by atoms with Crippen LogP contribution in [0.2, 0.25) is 0 Å². The van der Waals surface area contributed by atoms with Gasteiger partial charge in [-0.3, -0.25) is 4.90 Å². The van der Waals surface area contributed by atoms with Crippen LogP contribution in [0.1, 0.15) is 38.7 Å². The van der Waals surface area contributed by atoms with Crippen molar-refractivity contribution in [1.82, 2.24) is 10.2 Å². The van der Waals surface area contributed by atoms with Crippen LogP contribution in [0.25, 0.3) is 0 Å². The van der Waals surface area contributed by atoms with Crippen molar-refractivity contribution in [1.29, 1.82) is 0 Å². The predicted molar refractivity (Wildman–Crippen MR) is 92.2 cm³/mol. The maximum atomic E-state index is 11.9. The molecule has 1 saturated heterocycles. The lowest BCUT2D eigenvalue weighted by Gasteiger charge is -2.32. The summed E-state index contributed by atoms with van der Waals surface area (Å²) in [5.41, 5.74) is 2.62. The first-order valence-corrected chi connectivity index (χ1v) is 8.50. The summed E-state index contributed by atoms with van der Waals surface area (Å²) in [5.74, 6) is 0.627. The van der Waals surface area contributed by atoms with Crippen LogP contribution in [0, 0.1) is 0 Å². The summed E-state index contributed by atoms with van der Waals surface area (Å²) in [6, 6.07) is 6.00. The molecule has 2 aliphatic rings. The van der Waals surface area contributed by atoms with Gasteiger partial charge in [-0.05, 0) is 43.7 Å². The number of nitrogens with one attached hydrogen (secondary N) is 1. The molecule has 5 nitrogen and oxygen atoms in total. The largest absolute Gasteiger partial charge is 0.412 e. The molecule has 1 aromatic rings. The molecule has 2 atom stereocenters. The molecule has 1 N–H and O–H groups in total. The zero-order valence-electron chi connectivity index (χ0n) is 14.6. The molecular formula is C18H27N3O2. The molecular weight excluding hydrogens is 290 g/mol. The Hall–Kier alpha value is -1.75. The topological polar surface area (TPSA) is 44.8 Å². The van der Waals surface area contributed by atoms with Crippen LogP contribution in [0.4, 0.5) is 10.5 Å². The number of anilines is 1. The second-order valence-electron chi connectivity index (χ2n) is 6.98. The number of unbranched alkanes of at least 4 members (excludes halogenated alkanes) is 1. The molecule has 0 aromatic heterocycles. The van der Waals surface area contributed by atoms with Crippen molar-refractivity contribution in [3.8, 4) is 5.75 Å². The van der Waals surface area contributed by atoms with E-state index in [2.05, 4.69) is 49.1 Å². The standard InChI is InChI=1S/C18H27N3O2/c1-5-6-10-19-17(22)23-13-7-8-15-14(12-13)18(2)9-11-20(3)16(18)21(15)4/h7-8,12,16H,5-6,9-11H2,1-4H3,(H,19,22)/t16-,18+/m0/s1. The highest BCUT2D eigenvalue weighted by molar-refractivity contribution is 5.72. The van der Waals surface area contributed by atoms with Gasteiger partial charge >= 0.3 is 6.09 Å². The van der Waals surface area contributed by atoms with Gasteiger partial charge in [0.15, 0.2) is 0 Å². The number of amides is 1. The van der Waals surface area contributed by atoms with Gasteiger partial charge in [0.1, 0.15) is 5.75 Å². The van der Waals surface area contributed by atoms with Crippen molar-refractivity contribution in [2.24, 2.45) is 0 Å². The Morgan fingerprint density at radius 2 is 2.22 bits per heavy atom. The Kier molecular flexibility index (Phi) is 4.23. The first kappa shape index (κ1) is 16.1. The molecule has 1 aromatic carbocycles. The van der Waals surface area contributed by atoms with Crippen molar-refractivity contribution in [3.63, 3.8) is 0 Å². The molecule has 0 bridgehead atoms. The van der Waals surface area contributed by atoms with E-state index in [-0.39, 0.29) is 11.5 Å². The molecule has 2 aliphatic heterocycles. The van der Waals surface area contributed by atoms with E-state index in [1.807, 2.05) is 12.1 Å². The number of carbonyl (C=O) groups excluding carboxylic acids is 1. The number of hydrogen-bond acceptors (Lipinski definition) is 4. The summed E-state index contributed by atoms with van der Waals surface area (Å²) in [7, 11) is 4.32. The zero-order valence-corrected chi connectivity index (χ0v) is 14.6. The summed E-state index contributed by atoms with van der Waals surface area (Å²) < 4.78 is 5.46. The molecule has 23 heavy (non-hydrogen) atoms. The first-order chi connectivity index (χ1) is 11.0. The van der Waals surface area contributed by atoms with E-state index in [1.165, 1.54) is 11.3 Å². The number of rotatable bonds is 4. The molecule has 5 heteroatoms. The number of benzene rings is 1. The van der Waals surface area contributed by atoms with Crippen LogP contribution in [0.5, 0.6) is 5.75 Å². The molecule has 126 valence electrons. The van der Waals surface area contributed by atoms with Crippen LogP contribution in [0.15, 0.2) is 18.2 Å². The molecule has 3 rings (SSSR count). The first-order valence-electron chi connectivity index (χ1n) is 8.50. The van der Waals surface area contributed by atoms with Gasteiger partial charge in [-0.25, -0.2) is 4.79 Å². The minimum atomic E-state index is -0.366. The fourth-order valence-corrected chi connectivity index (χ4v) is 4.13. The van der Waals surface area contributed by atoms with Crippen LogP contribution in [-0.4, -0.2) is 44.3 Å². The number of likely N-dealkylation sites (tertiary alicyclic amines) is 1. The van der Waals surface area contributed by atoms with E-state index in [1.54, 1.807) is 0 Å². The highest BCUT2D eigenvalue weighted by Crippen LogP contribution is 2.51. The van der Waals surface area contributed by atoms with E-state index in [0.29, 0.717) is 18.5 Å². The van der Waals surface area contributed by atoms with Gasteiger partial charge in [0.25, 0.3) is 0 Å². The molecule has 0 radical (unpaired) electrons. The molecule has 0 unspecified atom stereocenters. The van der Waals surface area contributed by atoms with Gasteiger partial charge in [-0.1, -0.05) is 20.3 Å². The van der Waals surface area contributed by atoms with Crippen LogP contribution in [-0.2, 0) is 5.41 Å². The molecule has 0 saturated carbocycles. The van der Waals surface area contributed by atoms with E-state index in [9.17, 15) is 4.79 Å². The quantitative estimate of drug-likeness (QED) is 0.867. The lowest BCUT2D eigenvalue weighted by atomic mass is 9.81. The van der Waals surface area contributed by atoms with Crippen molar-refractivity contribution >= 4 is 11.8 Å². The Balaban J connectivity index is 1.78. The average molecular weight is 317 g/mol. The molecule has 0 spiro atoms. The van der Waals surface area contributed by atoms with Crippen LogP contribution in [0.3, 0.4) is 0 Å². The fraction of sp³-hybridized carbons (Fsp3) is 0.611. The van der Waals surface area contributed by atoms with Crippen molar-refractivity contribution in [2.75, 3.05) is 32.1 Å². The van der Waals surface area contributed by atoms with Gasteiger partial charge in [-0.15, -0.1) is 0 Å². The van der Waals surface area contributed by atoms with Crippen LogP contribution < -0.4 is 15.0 Å². The zero-order chi connectivity index (χ0) is 16.6. The minimum absolute atomic E-state index is 0.0941. The Bertz CT molecular complexity index is 604. The number of nitrogens with zero attached hydrogens (tertiary/aromatic N) is 2. The third-order valence-electron chi connectivity index (χ3n) is 5.31. The summed E-state index contributed by atoms with van der Waals surface area (Å²) in [6.07, 6.45) is 3.16. The average Bonchev–Trinajstić information content (AvgIpc) is 2.93. The molecule has 1 fully saturated rings. The van der Waals surface area contributed by atoms with E-state index >= 15 is 0 Å². The van der Waals surface area contributed by atoms with Gasteiger partial charge in [0.2, 0.25) is 0 Å². The second-order valence-corrected chi connectivity index (χ2v) is 6.98. The minimum Gasteiger partial charge on any atom is -0.410 e. The number of fused-ring (bicyclic) bond motifs is 3. The SMILES string of the molecule is CCCCNC(=O)Oc1ccc2c(c1)[C@@]1(C)CCN(C)[C@H]1N2C. The second kappa shape index (κ2) is 6.04. The van der Waals surface area contributed by atoms with Gasteiger partial charge in [0.05, 0.1) is 6.17 Å². The van der Waals surface area contributed by atoms with E-state index < -0.39 is 0 Å². The number of hydrogen-bond donors (Lipinski definition) is 1. The van der Waals surface area contributed by atoms with Gasteiger partial charge < -0.3 is 15.0 Å². The summed E-state index contributed by atoms with van der Waals surface area (Å²) in [5, 5.41) is 2.79. The smallest absolute Gasteiger partial charge is 0.410 e. The van der Waals surface area contributed by atoms with Crippen molar-refractivity contribution in [3.05, 3.63) is 23.8 Å². The van der Waals surface area contributed by atoms with E-state index in [0.717, 1.165) is 25.8 Å². The maximum Gasteiger partial charge on any atom is 0.412 e. The van der Waals surface area contributed by atoms with Crippen molar-refractivity contribution in [2.45, 2.75) is 44.7 Å². The Morgan fingerprint density at radius 3 is 2.96 bits per heavy atom. The number of carbonyl (C=O) groups is 1. The van der Waals surface area contributed by atoms with E-state index in [4.69, 9.17) is 4.74 Å². The predicted octanol–water partition coefficient (Wildman–Crippen LogP) is 2.94. The number of ether oxygens (including phenoxy) is 1. The van der Waals surface area contributed by atoms with Gasteiger partial charge in [0, 0.05) is 31.2 Å². The number of likely N-dealkylation sites (N-methyl/N-ethyl adjacent to an activating group) is 2. The molecule has 0 aliphatic carbocycles. The summed E-state index contributed by atoms with van der Waals surface area (Å²) in [6.45, 7) is 6.16. The summed E-state index contributed by atoms with van der Waals surface area (Å²) in [4.78, 5) is 16.6. The van der Waals surface area contributed by atoms with Crippen LogP contribution >= 0.6 is 0 Å². The third-order valence-corrected chi connectivity index (χ3v) is 5.31. The Morgan fingerprint density at radius 1 is 1.43 bits per heavy atom. The lowest BCUT2D eigenvalue weighted by molar-refractivity contribution is 0.200. The lowest BCUT2D eigenvalue weighted by Crippen LogP contribution is -2.45. The summed E-state index contributed by atoms with van der Waals surface area (Å²) >= 11 is 0.